The van der Waals surface area contributed by atoms with Crippen molar-refractivity contribution in [3.05, 3.63) is 27.8 Å². The first-order valence-corrected chi connectivity index (χ1v) is 6.60. The molecule has 1 aliphatic heterocycles. The lowest BCUT2D eigenvalue weighted by atomic mass is 9.90. The summed E-state index contributed by atoms with van der Waals surface area (Å²) < 4.78 is 5.30. The number of aryl methyl sites for hydroxylation is 1. The second kappa shape index (κ2) is 5.28. The van der Waals surface area contributed by atoms with E-state index in [1.165, 1.54) is 30.4 Å². The number of rotatable bonds is 2. The Morgan fingerprint density at radius 2 is 2.12 bits per heavy atom. The maximum atomic E-state index is 6.34. The summed E-state index contributed by atoms with van der Waals surface area (Å²) in [6, 6.07) is 2.49. The molecule has 17 heavy (non-hydrogen) atoms. The third kappa shape index (κ3) is 2.43. The Hall–Kier alpha value is -0.730. The Balaban J connectivity index is 2.42. The van der Waals surface area contributed by atoms with Gasteiger partial charge in [-0.05, 0) is 56.0 Å². The summed E-state index contributed by atoms with van der Waals surface area (Å²) in [7, 11) is 1.67. The van der Waals surface area contributed by atoms with Crippen LogP contribution in [0.4, 0.5) is 0 Å². The molecule has 1 atom stereocenters. The second-order valence-corrected chi connectivity index (χ2v) is 5.13. The molecule has 0 amide bonds. The fraction of sp³-hybridized carbons (Fsp3) is 0.571. The first-order chi connectivity index (χ1) is 8.15. The Bertz CT molecular complexity index is 411. The highest BCUT2D eigenvalue weighted by Crippen LogP contribution is 2.37. The van der Waals surface area contributed by atoms with Crippen molar-refractivity contribution in [3.63, 3.8) is 0 Å². The van der Waals surface area contributed by atoms with Crippen LogP contribution in [-0.2, 0) is 0 Å². The molecule has 1 aromatic carbocycles. The zero-order chi connectivity index (χ0) is 12.4. The largest absolute Gasteiger partial charge is 0.495 e. The van der Waals surface area contributed by atoms with E-state index in [0.717, 1.165) is 22.9 Å². The summed E-state index contributed by atoms with van der Waals surface area (Å²) >= 11 is 6.34. The van der Waals surface area contributed by atoms with Crippen LogP contribution in [0.5, 0.6) is 5.75 Å². The van der Waals surface area contributed by atoms with Crippen LogP contribution in [0, 0.1) is 13.8 Å². The van der Waals surface area contributed by atoms with E-state index in [1.54, 1.807) is 7.11 Å². The van der Waals surface area contributed by atoms with Gasteiger partial charge in [0.25, 0.3) is 0 Å². The molecule has 0 saturated carbocycles. The van der Waals surface area contributed by atoms with Crippen LogP contribution in [0.2, 0.25) is 5.02 Å². The molecule has 0 aliphatic carbocycles. The van der Waals surface area contributed by atoms with Gasteiger partial charge in [0.2, 0.25) is 0 Å². The first-order valence-electron chi connectivity index (χ1n) is 6.22. The van der Waals surface area contributed by atoms with Crippen LogP contribution in [0.1, 0.15) is 42.0 Å². The molecule has 1 N–H and O–H groups in total. The van der Waals surface area contributed by atoms with Crippen LogP contribution in [0.25, 0.3) is 0 Å². The molecule has 1 unspecified atom stereocenters. The molecule has 2 rings (SSSR count). The molecule has 3 heteroatoms. The minimum Gasteiger partial charge on any atom is -0.495 e. The van der Waals surface area contributed by atoms with Crippen molar-refractivity contribution in [1.29, 1.82) is 0 Å². The van der Waals surface area contributed by atoms with Crippen molar-refractivity contribution in [1.82, 2.24) is 5.32 Å². The van der Waals surface area contributed by atoms with Crippen molar-refractivity contribution < 1.29 is 4.74 Å². The molecule has 94 valence electrons. The van der Waals surface area contributed by atoms with Gasteiger partial charge in [0.1, 0.15) is 5.75 Å². The standard InChI is InChI=1S/C14H20ClNO/c1-9-8-12(17-3)14(15)10(2)13(9)11-6-4-5-7-16-11/h8,11,16H,4-7H2,1-3H3. The van der Waals surface area contributed by atoms with E-state index in [9.17, 15) is 0 Å². The predicted molar refractivity (Wildman–Crippen MR) is 72.1 cm³/mol. The highest BCUT2D eigenvalue weighted by Gasteiger charge is 2.21. The van der Waals surface area contributed by atoms with Crippen LogP contribution < -0.4 is 10.1 Å². The van der Waals surface area contributed by atoms with Crippen molar-refractivity contribution >= 4 is 11.6 Å². The minimum atomic E-state index is 0.451. The van der Waals surface area contributed by atoms with E-state index in [1.807, 2.05) is 6.07 Å². The molecule has 0 spiro atoms. The fourth-order valence-corrected chi connectivity index (χ4v) is 2.95. The molecular formula is C14H20ClNO. The van der Waals surface area contributed by atoms with E-state index < -0.39 is 0 Å². The third-order valence-electron chi connectivity index (χ3n) is 3.60. The molecule has 0 bridgehead atoms. The Morgan fingerprint density at radius 3 is 2.71 bits per heavy atom. The lowest BCUT2D eigenvalue weighted by Crippen LogP contribution is -2.28. The van der Waals surface area contributed by atoms with Gasteiger partial charge in [-0.2, -0.15) is 0 Å². The predicted octanol–water partition coefficient (Wildman–Crippen LogP) is 3.78. The summed E-state index contributed by atoms with van der Waals surface area (Å²) in [5, 5.41) is 4.33. The van der Waals surface area contributed by atoms with Gasteiger partial charge >= 0.3 is 0 Å². The number of piperidine rings is 1. The van der Waals surface area contributed by atoms with E-state index >= 15 is 0 Å². The topological polar surface area (TPSA) is 21.3 Å². The zero-order valence-corrected chi connectivity index (χ0v) is 11.5. The summed E-state index contributed by atoms with van der Waals surface area (Å²) in [6.45, 7) is 5.33. The van der Waals surface area contributed by atoms with E-state index in [4.69, 9.17) is 16.3 Å². The molecule has 1 aliphatic rings. The van der Waals surface area contributed by atoms with Crippen LogP contribution in [-0.4, -0.2) is 13.7 Å². The average molecular weight is 254 g/mol. The quantitative estimate of drug-likeness (QED) is 0.866. The lowest BCUT2D eigenvalue weighted by Gasteiger charge is -2.27. The molecule has 0 aromatic heterocycles. The summed E-state index contributed by atoms with van der Waals surface area (Å²) in [6.07, 6.45) is 3.77. The number of nitrogens with one attached hydrogen (secondary N) is 1. The molecular weight excluding hydrogens is 234 g/mol. The molecule has 1 heterocycles. The van der Waals surface area contributed by atoms with Gasteiger partial charge in [0, 0.05) is 6.04 Å². The van der Waals surface area contributed by atoms with Crippen LogP contribution in [0.15, 0.2) is 6.07 Å². The highest BCUT2D eigenvalue weighted by molar-refractivity contribution is 6.33. The maximum Gasteiger partial charge on any atom is 0.138 e. The number of hydrogen-bond donors (Lipinski definition) is 1. The Morgan fingerprint density at radius 1 is 1.35 bits per heavy atom. The van der Waals surface area contributed by atoms with Gasteiger partial charge in [-0.3, -0.25) is 0 Å². The number of halogens is 1. The van der Waals surface area contributed by atoms with Gasteiger partial charge in [0.05, 0.1) is 12.1 Å². The molecule has 0 radical (unpaired) electrons. The van der Waals surface area contributed by atoms with Gasteiger partial charge in [-0.25, -0.2) is 0 Å². The number of ether oxygens (including phenoxy) is 1. The van der Waals surface area contributed by atoms with Crippen molar-refractivity contribution in [2.24, 2.45) is 0 Å². The summed E-state index contributed by atoms with van der Waals surface area (Å²) in [5.74, 6) is 0.779. The lowest BCUT2D eigenvalue weighted by molar-refractivity contribution is 0.403. The van der Waals surface area contributed by atoms with Crippen molar-refractivity contribution in [3.8, 4) is 5.75 Å². The maximum absolute atomic E-state index is 6.34. The van der Waals surface area contributed by atoms with Crippen molar-refractivity contribution in [2.75, 3.05) is 13.7 Å². The molecule has 2 nitrogen and oxygen atoms in total. The first kappa shape index (κ1) is 12.7. The minimum absolute atomic E-state index is 0.451. The van der Waals surface area contributed by atoms with Crippen LogP contribution in [0.3, 0.4) is 0 Å². The smallest absolute Gasteiger partial charge is 0.138 e. The monoisotopic (exact) mass is 253 g/mol. The van der Waals surface area contributed by atoms with Crippen LogP contribution >= 0.6 is 11.6 Å². The molecule has 1 saturated heterocycles. The number of methoxy groups -OCH3 is 1. The Labute approximate surface area is 108 Å². The van der Waals surface area contributed by atoms with Gasteiger partial charge in [-0.15, -0.1) is 0 Å². The van der Waals surface area contributed by atoms with E-state index in [0.29, 0.717) is 6.04 Å². The summed E-state index contributed by atoms with van der Waals surface area (Å²) in [4.78, 5) is 0. The Kier molecular flexibility index (Phi) is 3.95. The molecule has 1 aromatic rings. The van der Waals surface area contributed by atoms with E-state index in [-0.39, 0.29) is 0 Å². The highest BCUT2D eigenvalue weighted by atomic mass is 35.5. The number of benzene rings is 1. The van der Waals surface area contributed by atoms with Gasteiger partial charge in [0.15, 0.2) is 0 Å². The normalized spacial score (nSPS) is 20.4. The SMILES string of the molecule is COc1cc(C)c(C2CCCCN2)c(C)c1Cl. The fourth-order valence-electron chi connectivity index (χ4n) is 2.72. The summed E-state index contributed by atoms with van der Waals surface area (Å²) in [5.41, 5.74) is 3.78. The zero-order valence-electron chi connectivity index (χ0n) is 10.8. The van der Waals surface area contributed by atoms with Crippen molar-refractivity contribution in [2.45, 2.75) is 39.2 Å². The van der Waals surface area contributed by atoms with Gasteiger partial charge < -0.3 is 10.1 Å². The molecule has 1 fully saturated rings. The number of hydrogen-bond acceptors (Lipinski definition) is 2. The second-order valence-electron chi connectivity index (χ2n) is 4.75. The van der Waals surface area contributed by atoms with Gasteiger partial charge in [-0.1, -0.05) is 18.0 Å². The average Bonchev–Trinajstić information content (AvgIpc) is 2.35. The van der Waals surface area contributed by atoms with E-state index in [2.05, 4.69) is 19.2 Å². The third-order valence-corrected chi connectivity index (χ3v) is 4.07.